The van der Waals surface area contributed by atoms with Gasteiger partial charge in [-0.1, -0.05) is 23.2 Å². The van der Waals surface area contributed by atoms with E-state index < -0.39 is 0 Å². The summed E-state index contributed by atoms with van der Waals surface area (Å²) in [5, 5.41) is 4.56. The summed E-state index contributed by atoms with van der Waals surface area (Å²) in [7, 11) is 3.51. The van der Waals surface area contributed by atoms with E-state index in [4.69, 9.17) is 32.7 Å². The lowest BCUT2D eigenvalue weighted by atomic mass is 10.1. The molecule has 0 bridgehead atoms. The topological polar surface area (TPSA) is 30.5 Å². The van der Waals surface area contributed by atoms with Crippen LogP contribution in [0.1, 0.15) is 11.6 Å². The van der Waals surface area contributed by atoms with Crippen molar-refractivity contribution < 1.29 is 9.47 Å². The van der Waals surface area contributed by atoms with Gasteiger partial charge in [0, 0.05) is 15.6 Å². The summed E-state index contributed by atoms with van der Waals surface area (Å²) in [6.45, 7) is 0.453. The zero-order chi connectivity index (χ0) is 15.2. The number of hydrogen-bond acceptors (Lipinski definition) is 3. The highest BCUT2D eigenvalue weighted by molar-refractivity contribution is 6.30. The van der Waals surface area contributed by atoms with E-state index in [1.54, 1.807) is 25.3 Å². The Labute approximate surface area is 134 Å². The average molecular weight is 326 g/mol. The molecule has 5 heteroatoms. The van der Waals surface area contributed by atoms with Crippen LogP contribution in [0.4, 0.5) is 0 Å². The van der Waals surface area contributed by atoms with Crippen molar-refractivity contribution in [1.29, 1.82) is 0 Å². The molecule has 0 aromatic heterocycles. The Hall–Kier alpha value is -1.42. The maximum Gasteiger partial charge on any atom is 0.123 e. The van der Waals surface area contributed by atoms with Gasteiger partial charge in [-0.25, -0.2) is 0 Å². The summed E-state index contributed by atoms with van der Waals surface area (Å²) >= 11 is 11.9. The molecule has 2 rings (SSSR count). The summed E-state index contributed by atoms with van der Waals surface area (Å²) in [5.41, 5.74) is 0.960. The molecule has 21 heavy (non-hydrogen) atoms. The number of hydrogen-bond donors (Lipinski definition) is 1. The lowest BCUT2D eigenvalue weighted by molar-refractivity contribution is 0.269. The van der Waals surface area contributed by atoms with Crippen LogP contribution >= 0.6 is 23.2 Å². The molecule has 2 aromatic rings. The predicted molar refractivity (Wildman–Crippen MR) is 86.8 cm³/mol. The molecule has 0 aliphatic carbocycles. The fourth-order valence-corrected chi connectivity index (χ4v) is 2.32. The third-order valence-corrected chi connectivity index (χ3v) is 3.63. The maximum atomic E-state index is 6.07. The smallest absolute Gasteiger partial charge is 0.123 e. The molecule has 1 unspecified atom stereocenters. The van der Waals surface area contributed by atoms with Crippen molar-refractivity contribution in [1.82, 2.24) is 5.32 Å². The Morgan fingerprint density at radius 1 is 1.05 bits per heavy atom. The van der Waals surface area contributed by atoms with Crippen LogP contribution < -0.4 is 14.8 Å². The van der Waals surface area contributed by atoms with Crippen molar-refractivity contribution in [2.24, 2.45) is 0 Å². The predicted octanol–water partition coefficient (Wildman–Crippen LogP) is 4.34. The Morgan fingerprint density at radius 3 is 2.33 bits per heavy atom. The first kappa shape index (κ1) is 16.0. The minimum atomic E-state index is -0.0330. The fourth-order valence-electron chi connectivity index (χ4n) is 2.02. The summed E-state index contributed by atoms with van der Waals surface area (Å²) in [5.74, 6) is 1.54. The number of benzene rings is 2. The number of halogens is 2. The summed E-state index contributed by atoms with van der Waals surface area (Å²) in [6.07, 6.45) is 0. The first-order chi connectivity index (χ1) is 10.1. The Bertz CT molecular complexity index is 587. The number of ether oxygens (including phenoxy) is 2. The molecule has 0 aliphatic rings. The second-order valence-electron chi connectivity index (χ2n) is 4.49. The number of rotatable bonds is 6. The zero-order valence-corrected chi connectivity index (χ0v) is 13.4. The molecule has 0 spiro atoms. The zero-order valence-electron chi connectivity index (χ0n) is 11.9. The Kier molecular flexibility index (Phi) is 5.74. The largest absolute Gasteiger partial charge is 0.496 e. The normalized spacial score (nSPS) is 12.0. The molecule has 0 fully saturated rings. The van der Waals surface area contributed by atoms with Crippen molar-refractivity contribution in [3.8, 4) is 11.5 Å². The van der Waals surface area contributed by atoms with Gasteiger partial charge >= 0.3 is 0 Å². The van der Waals surface area contributed by atoms with Crippen LogP contribution in [-0.2, 0) is 0 Å². The first-order valence-corrected chi connectivity index (χ1v) is 7.28. The van der Waals surface area contributed by atoms with Crippen molar-refractivity contribution in [3.63, 3.8) is 0 Å². The molecular weight excluding hydrogens is 309 g/mol. The van der Waals surface area contributed by atoms with Gasteiger partial charge in [-0.15, -0.1) is 0 Å². The lowest BCUT2D eigenvalue weighted by Crippen LogP contribution is -2.23. The van der Waals surface area contributed by atoms with Gasteiger partial charge in [-0.3, -0.25) is 0 Å². The van der Waals surface area contributed by atoms with Crippen LogP contribution in [0, 0.1) is 0 Å². The number of methoxy groups -OCH3 is 1. The van der Waals surface area contributed by atoms with Gasteiger partial charge in [-0.05, 0) is 49.5 Å². The molecule has 0 amide bonds. The van der Waals surface area contributed by atoms with E-state index in [2.05, 4.69) is 5.32 Å². The number of likely N-dealkylation sites (N-methyl/N-ethyl adjacent to an activating group) is 1. The van der Waals surface area contributed by atoms with E-state index >= 15 is 0 Å². The summed E-state index contributed by atoms with van der Waals surface area (Å²) in [4.78, 5) is 0. The summed E-state index contributed by atoms with van der Waals surface area (Å²) in [6, 6.07) is 12.8. The van der Waals surface area contributed by atoms with Gasteiger partial charge in [0.1, 0.15) is 18.1 Å². The molecule has 0 radical (unpaired) electrons. The van der Waals surface area contributed by atoms with E-state index in [9.17, 15) is 0 Å². The third-order valence-electron chi connectivity index (χ3n) is 3.15. The van der Waals surface area contributed by atoms with Crippen molar-refractivity contribution in [3.05, 3.63) is 58.1 Å². The van der Waals surface area contributed by atoms with Crippen molar-refractivity contribution in [2.45, 2.75) is 6.04 Å². The third kappa shape index (κ3) is 4.27. The van der Waals surface area contributed by atoms with Crippen LogP contribution in [0.3, 0.4) is 0 Å². The highest BCUT2D eigenvalue weighted by atomic mass is 35.5. The van der Waals surface area contributed by atoms with Crippen LogP contribution in [-0.4, -0.2) is 20.8 Å². The fraction of sp³-hybridized carbons (Fsp3) is 0.250. The van der Waals surface area contributed by atoms with Crippen LogP contribution in [0.15, 0.2) is 42.5 Å². The van der Waals surface area contributed by atoms with Gasteiger partial charge in [0.25, 0.3) is 0 Å². The Morgan fingerprint density at radius 2 is 1.71 bits per heavy atom. The molecule has 0 saturated carbocycles. The average Bonchev–Trinajstić information content (AvgIpc) is 2.50. The van der Waals surface area contributed by atoms with Gasteiger partial charge in [0.05, 0.1) is 13.2 Å². The quantitative estimate of drug-likeness (QED) is 0.856. The van der Waals surface area contributed by atoms with Crippen LogP contribution in [0.2, 0.25) is 10.0 Å². The van der Waals surface area contributed by atoms with E-state index in [-0.39, 0.29) is 6.04 Å². The number of nitrogens with one attached hydrogen (secondary N) is 1. The molecule has 2 aromatic carbocycles. The van der Waals surface area contributed by atoms with E-state index in [1.165, 1.54) is 0 Å². The van der Waals surface area contributed by atoms with Gasteiger partial charge in [0.15, 0.2) is 0 Å². The monoisotopic (exact) mass is 325 g/mol. The first-order valence-electron chi connectivity index (χ1n) is 6.53. The SMILES string of the molecule is CNC(COc1ccc(Cl)cc1)c1cc(Cl)ccc1OC. The Balaban J connectivity index is 2.12. The molecule has 0 heterocycles. The van der Waals surface area contributed by atoms with Crippen molar-refractivity contribution >= 4 is 23.2 Å². The lowest BCUT2D eigenvalue weighted by Gasteiger charge is -2.20. The molecular formula is C16H17Cl2NO2. The molecule has 3 nitrogen and oxygen atoms in total. The molecule has 112 valence electrons. The summed E-state index contributed by atoms with van der Waals surface area (Å²) < 4.78 is 11.2. The molecule has 0 aliphatic heterocycles. The molecule has 1 atom stereocenters. The molecule has 1 N–H and O–H groups in total. The van der Waals surface area contributed by atoms with E-state index in [0.29, 0.717) is 16.7 Å². The second-order valence-corrected chi connectivity index (χ2v) is 5.37. The van der Waals surface area contributed by atoms with E-state index in [1.807, 2.05) is 31.3 Å². The minimum Gasteiger partial charge on any atom is -0.496 e. The van der Waals surface area contributed by atoms with Crippen molar-refractivity contribution in [2.75, 3.05) is 20.8 Å². The minimum absolute atomic E-state index is 0.0330. The van der Waals surface area contributed by atoms with Gasteiger partial charge in [-0.2, -0.15) is 0 Å². The maximum absolute atomic E-state index is 6.07. The highest BCUT2D eigenvalue weighted by Crippen LogP contribution is 2.29. The van der Waals surface area contributed by atoms with Crippen LogP contribution in [0.25, 0.3) is 0 Å². The van der Waals surface area contributed by atoms with Gasteiger partial charge in [0.2, 0.25) is 0 Å². The highest BCUT2D eigenvalue weighted by Gasteiger charge is 2.16. The van der Waals surface area contributed by atoms with E-state index in [0.717, 1.165) is 17.1 Å². The van der Waals surface area contributed by atoms with Crippen LogP contribution in [0.5, 0.6) is 11.5 Å². The standard InChI is InChI=1S/C16H17Cl2NO2/c1-19-15(10-21-13-6-3-11(17)4-7-13)14-9-12(18)5-8-16(14)20-2/h3-9,15,19H,10H2,1-2H3. The van der Waals surface area contributed by atoms with Gasteiger partial charge < -0.3 is 14.8 Å². The molecule has 0 saturated heterocycles. The second kappa shape index (κ2) is 7.55.